The molecule has 5 heteroatoms. The van der Waals surface area contributed by atoms with Crippen molar-refractivity contribution in [1.82, 2.24) is 9.80 Å². The third-order valence-corrected chi connectivity index (χ3v) is 7.82. The summed E-state index contributed by atoms with van der Waals surface area (Å²) in [6, 6.07) is 16.9. The van der Waals surface area contributed by atoms with Crippen molar-refractivity contribution >= 4 is 12.0 Å². The first-order valence-corrected chi connectivity index (χ1v) is 12.4. The monoisotopic (exact) mass is 446 g/mol. The van der Waals surface area contributed by atoms with Crippen molar-refractivity contribution in [3.8, 4) is 11.1 Å². The molecule has 2 aromatic rings. The van der Waals surface area contributed by atoms with Crippen molar-refractivity contribution in [2.75, 3.05) is 19.7 Å². The minimum absolute atomic E-state index is 0.0294. The van der Waals surface area contributed by atoms with Crippen molar-refractivity contribution in [2.24, 2.45) is 5.92 Å². The van der Waals surface area contributed by atoms with Crippen LogP contribution in [0.25, 0.3) is 11.1 Å². The standard InChI is InChI=1S/C28H34N2O3/c1-19(2)17-20(3)29-16-14-28(26(29)31)13-8-15-30(28)27(32)33-18-25-23-11-6-4-9-21(23)22-10-5-7-12-24(22)25/h4-7,9-12,19-20,25H,8,13-18H2,1-3H3/t20?,28-/m0/s1. The summed E-state index contributed by atoms with van der Waals surface area (Å²) in [5.41, 5.74) is 4.12. The van der Waals surface area contributed by atoms with Crippen LogP contribution >= 0.6 is 0 Å². The zero-order valence-electron chi connectivity index (χ0n) is 19.9. The number of likely N-dealkylation sites (tertiary alicyclic amines) is 2. The molecular weight excluding hydrogens is 412 g/mol. The highest BCUT2D eigenvalue weighted by Gasteiger charge is 2.56. The lowest BCUT2D eigenvalue weighted by molar-refractivity contribution is -0.138. The third kappa shape index (κ3) is 3.62. The smallest absolute Gasteiger partial charge is 0.410 e. The lowest BCUT2D eigenvalue weighted by atomic mass is 9.94. The van der Waals surface area contributed by atoms with Crippen molar-refractivity contribution in [2.45, 2.75) is 64.0 Å². The Morgan fingerprint density at radius 3 is 2.27 bits per heavy atom. The maximum atomic E-state index is 13.5. The van der Waals surface area contributed by atoms with Crippen LogP contribution in [0.5, 0.6) is 0 Å². The molecule has 0 radical (unpaired) electrons. The molecule has 2 atom stereocenters. The van der Waals surface area contributed by atoms with E-state index in [4.69, 9.17) is 4.74 Å². The highest BCUT2D eigenvalue weighted by atomic mass is 16.6. The van der Waals surface area contributed by atoms with Crippen LogP contribution in [0.3, 0.4) is 0 Å². The van der Waals surface area contributed by atoms with E-state index in [1.807, 2.05) is 17.0 Å². The van der Waals surface area contributed by atoms with E-state index in [2.05, 4.69) is 57.2 Å². The Hall–Kier alpha value is -2.82. The lowest BCUT2D eigenvalue weighted by Crippen LogP contribution is -2.54. The molecule has 0 saturated carbocycles. The molecule has 2 aromatic carbocycles. The van der Waals surface area contributed by atoms with Crippen LogP contribution in [0.2, 0.25) is 0 Å². The van der Waals surface area contributed by atoms with Gasteiger partial charge in [-0.25, -0.2) is 4.79 Å². The van der Waals surface area contributed by atoms with E-state index >= 15 is 0 Å². The van der Waals surface area contributed by atoms with Crippen molar-refractivity contribution < 1.29 is 14.3 Å². The topological polar surface area (TPSA) is 49.9 Å². The number of amides is 2. The number of hydrogen-bond donors (Lipinski definition) is 0. The van der Waals surface area contributed by atoms with Gasteiger partial charge in [-0.3, -0.25) is 9.69 Å². The van der Waals surface area contributed by atoms with Gasteiger partial charge in [0.05, 0.1) is 0 Å². The predicted octanol–water partition coefficient (Wildman–Crippen LogP) is 5.44. The number of rotatable bonds is 5. The molecule has 3 aliphatic rings. The SMILES string of the molecule is CC(C)CC(C)N1CC[C@@]2(CCCN2C(=O)OCC2c3ccccc3-c3ccccc32)C1=O. The van der Waals surface area contributed by atoms with Gasteiger partial charge in [0.2, 0.25) is 5.91 Å². The Bertz CT molecular complexity index is 1020. The van der Waals surface area contributed by atoms with E-state index in [9.17, 15) is 9.59 Å². The molecule has 0 bridgehead atoms. The molecule has 1 unspecified atom stereocenters. The normalized spacial score (nSPS) is 22.8. The van der Waals surface area contributed by atoms with Gasteiger partial charge in [-0.1, -0.05) is 62.4 Å². The summed E-state index contributed by atoms with van der Waals surface area (Å²) in [4.78, 5) is 30.6. The lowest BCUT2D eigenvalue weighted by Gasteiger charge is -2.34. The highest BCUT2D eigenvalue weighted by molar-refractivity contribution is 5.92. The quantitative estimate of drug-likeness (QED) is 0.615. The molecule has 2 fully saturated rings. The molecule has 2 amide bonds. The van der Waals surface area contributed by atoms with Gasteiger partial charge in [0, 0.05) is 25.0 Å². The number of carbonyl (C=O) groups excluding carboxylic acids is 2. The first-order chi connectivity index (χ1) is 15.9. The summed E-state index contributed by atoms with van der Waals surface area (Å²) in [7, 11) is 0. The molecule has 0 N–H and O–H groups in total. The second-order valence-corrected chi connectivity index (χ2v) is 10.3. The fourth-order valence-electron chi connectivity index (χ4n) is 6.31. The van der Waals surface area contributed by atoms with E-state index < -0.39 is 5.54 Å². The Labute approximate surface area is 196 Å². The van der Waals surface area contributed by atoms with E-state index in [-0.39, 0.29) is 24.0 Å². The maximum absolute atomic E-state index is 13.5. The zero-order valence-corrected chi connectivity index (χ0v) is 19.9. The number of benzene rings is 2. The highest BCUT2D eigenvalue weighted by Crippen LogP contribution is 2.45. The van der Waals surface area contributed by atoms with Gasteiger partial charge < -0.3 is 9.64 Å². The molecular formula is C28H34N2O3. The average Bonchev–Trinajstić information content (AvgIpc) is 3.47. The largest absolute Gasteiger partial charge is 0.448 e. The fourth-order valence-corrected chi connectivity index (χ4v) is 6.31. The van der Waals surface area contributed by atoms with Crippen LogP contribution in [-0.2, 0) is 9.53 Å². The number of ether oxygens (including phenoxy) is 1. The molecule has 2 heterocycles. The van der Waals surface area contributed by atoms with E-state index in [0.717, 1.165) is 25.8 Å². The molecule has 0 aromatic heterocycles. The van der Waals surface area contributed by atoms with Crippen molar-refractivity contribution in [1.29, 1.82) is 0 Å². The Morgan fingerprint density at radius 1 is 1.00 bits per heavy atom. The molecule has 2 aliphatic heterocycles. The van der Waals surface area contributed by atoms with E-state index in [1.54, 1.807) is 4.90 Å². The number of hydrogen-bond acceptors (Lipinski definition) is 3. The van der Waals surface area contributed by atoms with Gasteiger partial charge in [-0.15, -0.1) is 0 Å². The van der Waals surface area contributed by atoms with Crippen LogP contribution in [0, 0.1) is 5.92 Å². The molecule has 2 saturated heterocycles. The van der Waals surface area contributed by atoms with Gasteiger partial charge in [0.1, 0.15) is 12.1 Å². The molecule has 1 aliphatic carbocycles. The number of carbonyl (C=O) groups is 2. The number of nitrogens with zero attached hydrogens (tertiary/aromatic N) is 2. The molecule has 5 nitrogen and oxygen atoms in total. The van der Waals surface area contributed by atoms with Crippen LogP contribution in [-0.4, -0.2) is 53.1 Å². The van der Waals surface area contributed by atoms with Gasteiger partial charge in [-0.05, 0) is 60.8 Å². The second kappa shape index (κ2) is 8.51. The van der Waals surface area contributed by atoms with Crippen LogP contribution in [0.1, 0.15) is 63.5 Å². The first-order valence-electron chi connectivity index (χ1n) is 12.4. The van der Waals surface area contributed by atoms with E-state index in [0.29, 0.717) is 25.5 Å². The van der Waals surface area contributed by atoms with Crippen molar-refractivity contribution in [3.63, 3.8) is 0 Å². The predicted molar refractivity (Wildman–Crippen MR) is 129 cm³/mol. The van der Waals surface area contributed by atoms with Crippen LogP contribution in [0.15, 0.2) is 48.5 Å². The summed E-state index contributed by atoms with van der Waals surface area (Å²) >= 11 is 0. The Kier molecular flexibility index (Phi) is 5.67. The summed E-state index contributed by atoms with van der Waals surface area (Å²) in [6.45, 7) is 8.11. The van der Waals surface area contributed by atoms with Gasteiger partial charge in [0.25, 0.3) is 0 Å². The van der Waals surface area contributed by atoms with Gasteiger partial charge in [0.15, 0.2) is 0 Å². The van der Waals surface area contributed by atoms with Gasteiger partial charge >= 0.3 is 6.09 Å². The van der Waals surface area contributed by atoms with E-state index in [1.165, 1.54) is 22.3 Å². The first kappa shape index (κ1) is 22.0. The zero-order chi connectivity index (χ0) is 23.2. The minimum Gasteiger partial charge on any atom is -0.448 e. The molecule has 33 heavy (non-hydrogen) atoms. The summed E-state index contributed by atoms with van der Waals surface area (Å²) in [5.74, 6) is 0.676. The molecule has 174 valence electrons. The summed E-state index contributed by atoms with van der Waals surface area (Å²) < 4.78 is 5.94. The Balaban J connectivity index is 1.31. The van der Waals surface area contributed by atoms with Crippen LogP contribution in [0.4, 0.5) is 4.79 Å². The fraction of sp³-hybridized carbons (Fsp3) is 0.500. The Morgan fingerprint density at radius 2 is 1.64 bits per heavy atom. The summed E-state index contributed by atoms with van der Waals surface area (Å²) in [6.07, 6.45) is 2.93. The van der Waals surface area contributed by atoms with Crippen LogP contribution < -0.4 is 0 Å². The number of fused-ring (bicyclic) bond motifs is 3. The maximum Gasteiger partial charge on any atom is 0.410 e. The molecule has 1 spiro atoms. The minimum atomic E-state index is -0.714. The second-order valence-electron chi connectivity index (χ2n) is 10.3. The summed E-state index contributed by atoms with van der Waals surface area (Å²) in [5, 5.41) is 0. The molecule has 5 rings (SSSR count). The van der Waals surface area contributed by atoms with Crippen molar-refractivity contribution in [3.05, 3.63) is 59.7 Å². The van der Waals surface area contributed by atoms with Gasteiger partial charge in [-0.2, -0.15) is 0 Å². The average molecular weight is 447 g/mol. The third-order valence-electron chi connectivity index (χ3n) is 7.82.